The Labute approximate surface area is 174 Å². The standard InChI is InChI=1S/C20H22Cl2N2O4/c1-3-27-18-8-6-14(11-19(18)26-2)13-23-24-20(25)5-4-10-28-17-9-7-15(21)12-16(17)22/h6-9,11-13H,3-5,10H2,1-2H3,(H,24,25). The number of nitrogens with zero attached hydrogens (tertiary/aromatic N) is 1. The zero-order chi connectivity index (χ0) is 20.4. The van der Waals surface area contributed by atoms with E-state index in [4.69, 9.17) is 37.4 Å². The first-order valence-electron chi connectivity index (χ1n) is 8.74. The monoisotopic (exact) mass is 424 g/mol. The summed E-state index contributed by atoms with van der Waals surface area (Å²) in [6.45, 7) is 2.81. The molecule has 2 rings (SSSR count). The van der Waals surface area contributed by atoms with Crippen LogP contribution in [-0.4, -0.2) is 32.4 Å². The minimum atomic E-state index is -0.208. The summed E-state index contributed by atoms with van der Waals surface area (Å²) in [5, 5.41) is 4.93. The normalized spacial score (nSPS) is 10.7. The Bertz CT molecular complexity index is 828. The van der Waals surface area contributed by atoms with Crippen molar-refractivity contribution < 1.29 is 19.0 Å². The van der Waals surface area contributed by atoms with E-state index in [9.17, 15) is 4.79 Å². The highest BCUT2D eigenvalue weighted by Crippen LogP contribution is 2.28. The van der Waals surface area contributed by atoms with Crippen molar-refractivity contribution in [2.75, 3.05) is 20.3 Å². The van der Waals surface area contributed by atoms with Gasteiger partial charge in [0.15, 0.2) is 11.5 Å². The molecule has 0 radical (unpaired) electrons. The molecular formula is C20H22Cl2N2O4. The number of hydrogen-bond acceptors (Lipinski definition) is 5. The summed E-state index contributed by atoms with van der Waals surface area (Å²) in [7, 11) is 1.57. The highest BCUT2D eigenvalue weighted by Gasteiger charge is 2.05. The molecule has 0 unspecified atom stereocenters. The predicted octanol–water partition coefficient (Wildman–Crippen LogP) is 4.71. The minimum absolute atomic E-state index is 0.208. The lowest BCUT2D eigenvalue weighted by atomic mass is 10.2. The van der Waals surface area contributed by atoms with Gasteiger partial charge in [-0.3, -0.25) is 4.79 Å². The van der Waals surface area contributed by atoms with Crippen LogP contribution in [0.4, 0.5) is 0 Å². The number of hydrogen-bond donors (Lipinski definition) is 1. The molecule has 6 nitrogen and oxygen atoms in total. The van der Waals surface area contributed by atoms with Gasteiger partial charge in [-0.05, 0) is 55.3 Å². The van der Waals surface area contributed by atoms with Gasteiger partial charge in [0.25, 0.3) is 0 Å². The molecule has 8 heteroatoms. The summed E-state index contributed by atoms with van der Waals surface area (Å²) in [4.78, 5) is 11.8. The Morgan fingerprint density at radius 3 is 2.61 bits per heavy atom. The molecule has 2 aromatic carbocycles. The second kappa shape index (κ2) is 11.4. The SMILES string of the molecule is CCOc1ccc(C=NNC(=O)CCCOc2ccc(Cl)cc2Cl)cc1OC. The van der Waals surface area contributed by atoms with Crippen LogP contribution in [0.3, 0.4) is 0 Å². The molecule has 0 spiro atoms. The molecule has 1 N–H and O–H groups in total. The second-order valence-corrected chi connectivity index (χ2v) is 6.51. The predicted molar refractivity (Wildman–Crippen MR) is 111 cm³/mol. The number of ether oxygens (including phenoxy) is 3. The van der Waals surface area contributed by atoms with Crippen LogP contribution >= 0.6 is 23.2 Å². The van der Waals surface area contributed by atoms with Crippen molar-refractivity contribution >= 4 is 35.3 Å². The van der Waals surface area contributed by atoms with Gasteiger partial charge in [-0.1, -0.05) is 23.2 Å². The molecule has 2 aromatic rings. The summed E-state index contributed by atoms with van der Waals surface area (Å²) in [6, 6.07) is 10.4. The zero-order valence-electron chi connectivity index (χ0n) is 15.7. The summed E-state index contributed by atoms with van der Waals surface area (Å²) in [6.07, 6.45) is 2.34. The average Bonchev–Trinajstić information content (AvgIpc) is 2.67. The number of hydrazone groups is 1. The third-order valence-corrected chi connectivity index (χ3v) is 4.12. The van der Waals surface area contributed by atoms with Gasteiger partial charge in [0, 0.05) is 11.4 Å². The van der Waals surface area contributed by atoms with Gasteiger partial charge >= 0.3 is 0 Å². The lowest BCUT2D eigenvalue weighted by Crippen LogP contribution is -2.18. The number of methoxy groups -OCH3 is 1. The molecule has 0 aliphatic carbocycles. The van der Waals surface area contributed by atoms with Gasteiger partial charge in [-0.25, -0.2) is 5.43 Å². The lowest BCUT2D eigenvalue weighted by molar-refractivity contribution is -0.121. The Morgan fingerprint density at radius 2 is 1.89 bits per heavy atom. The number of carbonyl (C=O) groups is 1. The summed E-state index contributed by atoms with van der Waals surface area (Å²) >= 11 is 11.9. The number of carbonyl (C=O) groups excluding carboxylic acids is 1. The van der Waals surface area contributed by atoms with Gasteiger partial charge in [0.2, 0.25) is 5.91 Å². The number of amides is 1. The van der Waals surface area contributed by atoms with Gasteiger partial charge in [-0.15, -0.1) is 0 Å². The lowest BCUT2D eigenvalue weighted by Gasteiger charge is -2.09. The molecule has 0 fully saturated rings. The number of benzene rings is 2. The van der Waals surface area contributed by atoms with Crippen LogP contribution in [-0.2, 0) is 4.79 Å². The maximum Gasteiger partial charge on any atom is 0.240 e. The second-order valence-electron chi connectivity index (χ2n) is 5.66. The van der Waals surface area contributed by atoms with E-state index in [2.05, 4.69) is 10.5 Å². The zero-order valence-corrected chi connectivity index (χ0v) is 17.2. The molecule has 0 aliphatic rings. The first-order chi connectivity index (χ1) is 13.5. The molecule has 0 bridgehead atoms. The summed E-state index contributed by atoms with van der Waals surface area (Å²) in [5.74, 6) is 1.59. The minimum Gasteiger partial charge on any atom is -0.493 e. The Balaban J connectivity index is 1.74. The van der Waals surface area contributed by atoms with Crippen molar-refractivity contribution in [3.63, 3.8) is 0 Å². The number of nitrogens with one attached hydrogen (secondary N) is 1. The van der Waals surface area contributed by atoms with Crippen molar-refractivity contribution in [2.45, 2.75) is 19.8 Å². The fraction of sp³-hybridized carbons (Fsp3) is 0.300. The topological polar surface area (TPSA) is 69.2 Å². The van der Waals surface area contributed by atoms with Crippen LogP contribution in [0.1, 0.15) is 25.3 Å². The van der Waals surface area contributed by atoms with E-state index in [1.807, 2.05) is 13.0 Å². The summed E-state index contributed by atoms with van der Waals surface area (Å²) in [5.41, 5.74) is 3.26. The van der Waals surface area contributed by atoms with Crippen LogP contribution < -0.4 is 19.6 Å². The molecule has 150 valence electrons. The smallest absolute Gasteiger partial charge is 0.240 e. The van der Waals surface area contributed by atoms with Crippen molar-refractivity contribution in [1.29, 1.82) is 0 Å². The van der Waals surface area contributed by atoms with E-state index in [1.54, 1.807) is 43.7 Å². The van der Waals surface area contributed by atoms with E-state index >= 15 is 0 Å². The van der Waals surface area contributed by atoms with Gasteiger partial charge in [-0.2, -0.15) is 5.10 Å². The molecule has 0 saturated carbocycles. The van der Waals surface area contributed by atoms with Crippen LogP contribution in [0.15, 0.2) is 41.5 Å². The average molecular weight is 425 g/mol. The van der Waals surface area contributed by atoms with Gasteiger partial charge < -0.3 is 14.2 Å². The van der Waals surface area contributed by atoms with E-state index in [1.165, 1.54) is 0 Å². The van der Waals surface area contributed by atoms with Crippen molar-refractivity contribution in [3.8, 4) is 17.2 Å². The Morgan fingerprint density at radius 1 is 1.11 bits per heavy atom. The Hall–Kier alpha value is -2.44. The highest BCUT2D eigenvalue weighted by molar-refractivity contribution is 6.35. The molecule has 0 aromatic heterocycles. The maximum atomic E-state index is 11.8. The highest BCUT2D eigenvalue weighted by atomic mass is 35.5. The van der Waals surface area contributed by atoms with Gasteiger partial charge in [0.05, 0.1) is 31.6 Å². The van der Waals surface area contributed by atoms with E-state index in [0.717, 1.165) is 5.56 Å². The van der Waals surface area contributed by atoms with Crippen LogP contribution in [0, 0.1) is 0 Å². The molecule has 0 atom stereocenters. The third-order valence-electron chi connectivity index (χ3n) is 3.59. The van der Waals surface area contributed by atoms with Crippen LogP contribution in [0.2, 0.25) is 10.0 Å². The van der Waals surface area contributed by atoms with Crippen molar-refractivity contribution in [2.24, 2.45) is 5.10 Å². The molecule has 28 heavy (non-hydrogen) atoms. The maximum absolute atomic E-state index is 11.8. The molecule has 0 heterocycles. The van der Waals surface area contributed by atoms with Crippen molar-refractivity contribution in [1.82, 2.24) is 5.43 Å². The number of halogens is 2. The number of rotatable bonds is 10. The fourth-order valence-corrected chi connectivity index (χ4v) is 2.74. The van der Waals surface area contributed by atoms with E-state index in [0.29, 0.717) is 46.9 Å². The van der Waals surface area contributed by atoms with Crippen LogP contribution in [0.5, 0.6) is 17.2 Å². The quantitative estimate of drug-likeness (QED) is 0.340. The van der Waals surface area contributed by atoms with E-state index < -0.39 is 0 Å². The molecule has 0 aliphatic heterocycles. The summed E-state index contributed by atoms with van der Waals surface area (Å²) < 4.78 is 16.3. The van der Waals surface area contributed by atoms with E-state index in [-0.39, 0.29) is 12.3 Å². The molecular weight excluding hydrogens is 403 g/mol. The fourth-order valence-electron chi connectivity index (χ4n) is 2.28. The van der Waals surface area contributed by atoms with Crippen molar-refractivity contribution in [3.05, 3.63) is 52.0 Å². The van der Waals surface area contributed by atoms with Crippen LogP contribution in [0.25, 0.3) is 0 Å². The largest absolute Gasteiger partial charge is 0.493 e. The Kier molecular flexibility index (Phi) is 8.91. The van der Waals surface area contributed by atoms with Gasteiger partial charge in [0.1, 0.15) is 5.75 Å². The first-order valence-corrected chi connectivity index (χ1v) is 9.49. The third kappa shape index (κ3) is 6.94. The first kappa shape index (κ1) is 21.9. The molecule has 1 amide bonds. The molecule has 0 saturated heterocycles.